The Morgan fingerprint density at radius 1 is 1.00 bits per heavy atom. The van der Waals surface area contributed by atoms with Crippen LogP contribution in [0.2, 0.25) is 0 Å². The van der Waals surface area contributed by atoms with Crippen LogP contribution >= 0.6 is 0 Å². The molecule has 17 heavy (non-hydrogen) atoms. The zero-order valence-corrected chi connectivity index (χ0v) is 11.3. The molecule has 2 atom stereocenters. The molecular formula is C13H28N2O2. The molecule has 0 aromatic carbocycles. The van der Waals surface area contributed by atoms with E-state index in [0.717, 1.165) is 19.8 Å². The van der Waals surface area contributed by atoms with Gasteiger partial charge in [-0.15, -0.1) is 0 Å². The van der Waals surface area contributed by atoms with Crippen molar-refractivity contribution < 1.29 is 9.47 Å². The second kappa shape index (κ2) is 9.83. The third-order valence-electron chi connectivity index (χ3n) is 3.22. The van der Waals surface area contributed by atoms with Gasteiger partial charge in [0.05, 0.1) is 13.2 Å². The summed E-state index contributed by atoms with van der Waals surface area (Å²) in [5.74, 6) is 0. The van der Waals surface area contributed by atoms with Crippen molar-refractivity contribution in [1.82, 2.24) is 10.6 Å². The fourth-order valence-corrected chi connectivity index (χ4v) is 2.26. The number of rotatable bonds is 5. The Kier molecular flexibility index (Phi) is 8.61. The van der Waals surface area contributed by atoms with Crippen molar-refractivity contribution >= 4 is 0 Å². The molecule has 2 heterocycles. The lowest BCUT2D eigenvalue weighted by Gasteiger charge is -2.08. The second-order valence-corrected chi connectivity index (χ2v) is 4.70. The Hall–Kier alpha value is -0.160. The van der Waals surface area contributed by atoms with Crippen LogP contribution in [0.15, 0.2) is 0 Å². The van der Waals surface area contributed by atoms with Gasteiger partial charge in [0.15, 0.2) is 0 Å². The van der Waals surface area contributed by atoms with Gasteiger partial charge in [0.1, 0.15) is 0 Å². The highest BCUT2D eigenvalue weighted by Crippen LogP contribution is 2.04. The van der Waals surface area contributed by atoms with E-state index >= 15 is 0 Å². The van der Waals surface area contributed by atoms with Crippen LogP contribution in [0.1, 0.15) is 32.6 Å². The summed E-state index contributed by atoms with van der Waals surface area (Å²) in [5, 5.41) is 6.70. The van der Waals surface area contributed by atoms with Crippen molar-refractivity contribution in [2.75, 3.05) is 40.0 Å². The summed E-state index contributed by atoms with van der Waals surface area (Å²) in [6.45, 7) is 7.01. The van der Waals surface area contributed by atoms with Gasteiger partial charge in [-0.25, -0.2) is 0 Å². The minimum atomic E-state index is 0.639. The Balaban J connectivity index is 0.000000171. The van der Waals surface area contributed by atoms with Crippen molar-refractivity contribution in [3.8, 4) is 0 Å². The normalized spacial score (nSPS) is 27.9. The van der Waals surface area contributed by atoms with E-state index in [0.29, 0.717) is 12.1 Å². The number of methoxy groups -OCH3 is 1. The van der Waals surface area contributed by atoms with Crippen molar-refractivity contribution in [1.29, 1.82) is 0 Å². The molecule has 0 bridgehead atoms. The molecule has 2 rings (SSSR count). The maximum absolute atomic E-state index is 5.25. The average molecular weight is 244 g/mol. The van der Waals surface area contributed by atoms with Gasteiger partial charge in [-0.05, 0) is 45.7 Å². The molecule has 2 unspecified atom stereocenters. The van der Waals surface area contributed by atoms with Crippen molar-refractivity contribution in [2.24, 2.45) is 0 Å². The first kappa shape index (κ1) is 14.9. The maximum atomic E-state index is 5.25. The van der Waals surface area contributed by atoms with Crippen LogP contribution in [0.4, 0.5) is 0 Å². The zero-order valence-electron chi connectivity index (χ0n) is 11.3. The highest BCUT2D eigenvalue weighted by molar-refractivity contribution is 4.73. The highest BCUT2D eigenvalue weighted by atomic mass is 16.5. The summed E-state index contributed by atoms with van der Waals surface area (Å²) in [7, 11) is 1.75. The van der Waals surface area contributed by atoms with E-state index < -0.39 is 0 Å². The summed E-state index contributed by atoms with van der Waals surface area (Å²) >= 11 is 0. The van der Waals surface area contributed by atoms with Gasteiger partial charge in [-0.1, -0.05) is 0 Å². The molecule has 0 spiro atoms. The molecule has 2 fully saturated rings. The van der Waals surface area contributed by atoms with Gasteiger partial charge < -0.3 is 20.1 Å². The van der Waals surface area contributed by atoms with Gasteiger partial charge in [-0.3, -0.25) is 0 Å². The van der Waals surface area contributed by atoms with Crippen LogP contribution in [-0.2, 0) is 9.47 Å². The summed E-state index contributed by atoms with van der Waals surface area (Å²) in [6, 6.07) is 1.28. The molecule has 102 valence electrons. The van der Waals surface area contributed by atoms with Crippen LogP contribution in [0.25, 0.3) is 0 Å². The molecule has 0 aliphatic carbocycles. The Labute approximate surface area is 105 Å². The molecule has 4 heteroatoms. The largest absolute Gasteiger partial charge is 0.383 e. The Morgan fingerprint density at radius 2 is 1.59 bits per heavy atom. The number of ether oxygens (including phenoxy) is 2. The van der Waals surface area contributed by atoms with Crippen LogP contribution in [0.3, 0.4) is 0 Å². The fraction of sp³-hybridized carbons (Fsp3) is 1.00. The summed E-state index contributed by atoms with van der Waals surface area (Å²) < 4.78 is 10.2. The Morgan fingerprint density at radius 3 is 2.00 bits per heavy atom. The van der Waals surface area contributed by atoms with Crippen LogP contribution < -0.4 is 10.6 Å². The maximum Gasteiger partial charge on any atom is 0.0619 e. The monoisotopic (exact) mass is 244 g/mol. The number of nitrogens with one attached hydrogen (secondary N) is 2. The first-order valence-electron chi connectivity index (χ1n) is 6.90. The average Bonchev–Trinajstić information content (AvgIpc) is 3.00. The number of hydrogen-bond donors (Lipinski definition) is 2. The lowest BCUT2D eigenvalue weighted by atomic mass is 10.2. The van der Waals surface area contributed by atoms with Crippen molar-refractivity contribution in [2.45, 2.75) is 44.7 Å². The molecule has 0 aromatic heterocycles. The van der Waals surface area contributed by atoms with E-state index in [-0.39, 0.29) is 0 Å². The molecule has 0 aromatic rings. The molecule has 2 saturated heterocycles. The van der Waals surface area contributed by atoms with Gasteiger partial charge >= 0.3 is 0 Å². The van der Waals surface area contributed by atoms with E-state index in [9.17, 15) is 0 Å². The third kappa shape index (κ3) is 6.99. The van der Waals surface area contributed by atoms with Gasteiger partial charge in [0, 0.05) is 25.8 Å². The molecule has 2 aliphatic heterocycles. The lowest BCUT2D eigenvalue weighted by molar-refractivity contribution is 0.128. The van der Waals surface area contributed by atoms with Crippen LogP contribution in [0.5, 0.6) is 0 Å². The predicted molar refractivity (Wildman–Crippen MR) is 70.4 cm³/mol. The molecular weight excluding hydrogens is 216 g/mol. The molecule has 0 radical (unpaired) electrons. The molecule has 4 nitrogen and oxygen atoms in total. The molecule has 0 saturated carbocycles. The van der Waals surface area contributed by atoms with Crippen LogP contribution in [0, 0.1) is 0 Å². The van der Waals surface area contributed by atoms with E-state index in [1.54, 1.807) is 7.11 Å². The highest BCUT2D eigenvalue weighted by Gasteiger charge is 2.12. The first-order chi connectivity index (χ1) is 8.36. The summed E-state index contributed by atoms with van der Waals surface area (Å²) in [6.07, 6.45) is 5.21. The van der Waals surface area contributed by atoms with E-state index in [2.05, 4.69) is 10.6 Å². The van der Waals surface area contributed by atoms with Crippen LogP contribution in [-0.4, -0.2) is 52.1 Å². The summed E-state index contributed by atoms with van der Waals surface area (Å²) in [4.78, 5) is 0. The topological polar surface area (TPSA) is 42.5 Å². The number of hydrogen-bond acceptors (Lipinski definition) is 4. The SMILES string of the molecule is CCOCC1CCCN1.COCC1CCCN1. The minimum absolute atomic E-state index is 0.639. The van der Waals surface area contributed by atoms with E-state index in [1.807, 2.05) is 6.92 Å². The third-order valence-corrected chi connectivity index (χ3v) is 3.22. The smallest absolute Gasteiger partial charge is 0.0619 e. The predicted octanol–water partition coefficient (Wildman–Crippen LogP) is 1.16. The van der Waals surface area contributed by atoms with Crippen molar-refractivity contribution in [3.63, 3.8) is 0 Å². The van der Waals surface area contributed by atoms with E-state index in [4.69, 9.17) is 9.47 Å². The molecule has 2 N–H and O–H groups in total. The summed E-state index contributed by atoms with van der Waals surface area (Å²) in [5.41, 5.74) is 0. The standard InChI is InChI=1S/C7H15NO.C6H13NO/c1-2-9-6-7-4-3-5-8-7;1-8-5-6-3-2-4-7-6/h7-8H,2-6H2,1H3;6-7H,2-5H2,1H3. The zero-order chi connectivity index (χ0) is 12.3. The lowest BCUT2D eigenvalue weighted by Crippen LogP contribution is -2.26. The quantitative estimate of drug-likeness (QED) is 0.761. The Bertz CT molecular complexity index is 167. The van der Waals surface area contributed by atoms with Gasteiger partial charge in [0.25, 0.3) is 0 Å². The second-order valence-electron chi connectivity index (χ2n) is 4.70. The van der Waals surface area contributed by atoms with E-state index in [1.165, 1.54) is 38.8 Å². The minimum Gasteiger partial charge on any atom is -0.383 e. The van der Waals surface area contributed by atoms with Crippen molar-refractivity contribution in [3.05, 3.63) is 0 Å². The molecule has 2 aliphatic rings. The van der Waals surface area contributed by atoms with Gasteiger partial charge in [0.2, 0.25) is 0 Å². The first-order valence-corrected chi connectivity index (χ1v) is 6.90. The molecule has 0 amide bonds. The van der Waals surface area contributed by atoms with Gasteiger partial charge in [-0.2, -0.15) is 0 Å². The fourth-order valence-electron chi connectivity index (χ4n) is 2.26.